The second-order valence-corrected chi connectivity index (χ2v) is 6.26. The zero-order valence-electron chi connectivity index (χ0n) is 11.1. The number of hydrogen-bond acceptors (Lipinski definition) is 0. The van der Waals surface area contributed by atoms with Gasteiger partial charge < -0.3 is 4.57 Å². The average molecular weight is 357 g/mol. The van der Waals surface area contributed by atoms with Crippen LogP contribution in [-0.2, 0) is 0 Å². The SMILES string of the molecule is Clc1cc(Br)c2c(c1)c1ccccc1n2-c1ccccc1. The molecule has 4 rings (SSSR count). The molecule has 0 saturated carbocycles. The van der Waals surface area contributed by atoms with Gasteiger partial charge in [-0.25, -0.2) is 0 Å². The number of hydrogen-bond donors (Lipinski definition) is 0. The van der Waals surface area contributed by atoms with Gasteiger partial charge in [0.25, 0.3) is 0 Å². The Bertz CT molecular complexity index is 957. The lowest BCUT2D eigenvalue weighted by Crippen LogP contribution is -1.93. The first kappa shape index (κ1) is 12.9. The van der Waals surface area contributed by atoms with Gasteiger partial charge >= 0.3 is 0 Å². The van der Waals surface area contributed by atoms with Crippen LogP contribution in [0.15, 0.2) is 71.2 Å². The fraction of sp³-hybridized carbons (Fsp3) is 0. The van der Waals surface area contributed by atoms with Crippen LogP contribution in [0.1, 0.15) is 0 Å². The van der Waals surface area contributed by atoms with Crippen LogP contribution in [0.4, 0.5) is 0 Å². The molecule has 21 heavy (non-hydrogen) atoms. The Morgan fingerprint density at radius 1 is 0.810 bits per heavy atom. The van der Waals surface area contributed by atoms with Crippen molar-refractivity contribution in [3.8, 4) is 5.69 Å². The molecule has 3 heteroatoms. The molecule has 0 atom stereocenters. The largest absolute Gasteiger partial charge is 0.308 e. The number of para-hydroxylation sites is 2. The van der Waals surface area contributed by atoms with Gasteiger partial charge in [-0.1, -0.05) is 48.0 Å². The van der Waals surface area contributed by atoms with Gasteiger partial charge in [-0.15, -0.1) is 0 Å². The van der Waals surface area contributed by atoms with E-state index in [1.165, 1.54) is 10.9 Å². The van der Waals surface area contributed by atoms with E-state index >= 15 is 0 Å². The van der Waals surface area contributed by atoms with Gasteiger partial charge in [0.2, 0.25) is 0 Å². The molecule has 4 aromatic rings. The minimum absolute atomic E-state index is 0.741. The summed E-state index contributed by atoms with van der Waals surface area (Å²) in [5, 5.41) is 3.11. The highest BCUT2D eigenvalue weighted by Crippen LogP contribution is 2.37. The molecule has 0 saturated heterocycles. The van der Waals surface area contributed by atoms with Crippen LogP contribution in [-0.4, -0.2) is 4.57 Å². The third kappa shape index (κ3) is 1.98. The second-order valence-electron chi connectivity index (χ2n) is 4.97. The Labute approximate surface area is 135 Å². The molecule has 0 fully saturated rings. The summed E-state index contributed by atoms with van der Waals surface area (Å²) in [6, 6.07) is 22.8. The topological polar surface area (TPSA) is 4.93 Å². The normalized spacial score (nSPS) is 11.3. The first-order valence-electron chi connectivity index (χ1n) is 6.69. The molecule has 3 aromatic carbocycles. The summed E-state index contributed by atoms with van der Waals surface area (Å²) in [4.78, 5) is 0. The maximum atomic E-state index is 6.24. The van der Waals surface area contributed by atoms with Crippen LogP contribution < -0.4 is 0 Å². The van der Waals surface area contributed by atoms with Crippen molar-refractivity contribution in [1.29, 1.82) is 0 Å². The van der Waals surface area contributed by atoms with Crippen molar-refractivity contribution in [1.82, 2.24) is 4.57 Å². The summed E-state index contributed by atoms with van der Waals surface area (Å²) in [5.41, 5.74) is 3.47. The Kier molecular flexibility index (Phi) is 3.02. The van der Waals surface area contributed by atoms with Gasteiger partial charge in [0.05, 0.1) is 11.0 Å². The Morgan fingerprint density at radius 3 is 2.33 bits per heavy atom. The van der Waals surface area contributed by atoms with Crippen LogP contribution in [0, 0.1) is 0 Å². The van der Waals surface area contributed by atoms with Crippen molar-refractivity contribution in [2.24, 2.45) is 0 Å². The minimum Gasteiger partial charge on any atom is -0.308 e. The monoisotopic (exact) mass is 355 g/mol. The molecular weight excluding hydrogens is 346 g/mol. The molecule has 1 heterocycles. The van der Waals surface area contributed by atoms with Crippen LogP contribution in [0.2, 0.25) is 5.02 Å². The molecule has 1 nitrogen and oxygen atoms in total. The van der Waals surface area contributed by atoms with E-state index < -0.39 is 0 Å². The highest BCUT2D eigenvalue weighted by atomic mass is 79.9. The summed E-state index contributed by atoms with van der Waals surface area (Å²) in [5.74, 6) is 0. The van der Waals surface area contributed by atoms with E-state index in [1.807, 2.05) is 18.2 Å². The van der Waals surface area contributed by atoms with Gasteiger partial charge in [0.15, 0.2) is 0 Å². The summed E-state index contributed by atoms with van der Waals surface area (Å²) >= 11 is 9.91. The van der Waals surface area contributed by atoms with E-state index in [9.17, 15) is 0 Å². The highest BCUT2D eigenvalue weighted by molar-refractivity contribution is 9.10. The summed E-state index contributed by atoms with van der Waals surface area (Å²) in [6.07, 6.45) is 0. The van der Waals surface area contributed by atoms with E-state index in [0.717, 1.165) is 26.1 Å². The van der Waals surface area contributed by atoms with Gasteiger partial charge in [0.1, 0.15) is 0 Å². The van der Waals surface area contributed by atoms with Crippen molar-refractivity contribution in [2.45, 2.75) is 0 Å². The van der Waals surface area contributed by atoms with E-state index in [-0.39, 0.29) is 0 Å². The Morgan fingerprint density at radius 2 is 1.52 bits per heavy atom. The number of halogens is 2. The zero-order valence-corrected chi connectivity index (χ0v) is 13.4. The third-order valence-electron chi connectivity index (χ3n) is 3.70. The van der Waals surface area contributed by atoms with Crippen LogP contribution >= 0.6 is 27.5 Å². The average Bonchev–Trinajstić information content (AvgIpc) is 2.83. The van der Waals surface area contributed by atoms with Gasteiger partial charge in [0, 0.05) is 26.0 Å². The Hall–Kier alpha value is -1.77. The minimum atomic E-state index is 0.741. The molecule has 102 valence electrons. The molecule has 0 spiro atoms. The molecule has 0 unspecified atom stereocenters. The smallest absolute Gasteiger partial charge is 0.0684 e. The molecule has 0 amide bonds. The maximum absolute atomic E-state index is 6.24. The van der Waals surface area contributed by atoms with Crippen molar-refractivity contribution >= 4 is 49.3 Å². The molecular formula is C18H11BrClN. The molecule has 0 bridgehead atoms. The van der Waals surface area contributed by atoms with Gasteiger partial charge in [-0.3, -0.25) is 0 Å². The van der Waals surface area contributed by atoms with Crippen molar-refractivity contribution in [3.63, 3.8) is 0 Å². The van der Waals surface area contributed by atoms with Crippen molar-refractivity contribution in [2.75, 3.05) is 0 Å². The standard InChI is InChI=1S/C18H11BrClN/c19-16-11-12(20)10-15-14-8-4-5-9-17(14)21(18(15)16)13-6-2-1-3-7-13/h1-11H. The van der Waals surface area contributed by atoms with Gasteiger partial charge in [-0.2, -0.15) is 0 Å². The second kappa shape index (κ2) is 4.90. The summed E-state index contributed by atoms with van der Waals surface area (Å²) in [6.45, 7) is 0. The summed E-state index contributed by atoms with van der Waals surface area (Å²) < 4.78 is 3.27. The first-order valence-corrected chi connectivity index (χ1v) is 7.86. The van der Waals surface area contributed by atoms with Crippen molar-refractivity contribution < 1.29 is 0 Å². The lowest BCUT2D eigenvalue weighted by Gasteiger charge is -2.08. The number of nitrogens with zero attached hydrogens (tertiary/aromatic N) is 1. The lowest BCUT2D eigenvalue weighted by atomic mass is 10.1. The van der Waals surface area contributed by atoms with E-state index in [1.54, 1.807) is 0 Å². The zero-order chi connectivity index (χ0) is 14.4. The van der Waals surface area contributed by atoms with Crippen molar-refractivity contribution in [3.05, 3.63) is 76.2 Å². The Balaban J connectivity index is 2.27. The maximum Gasteiger partial charge on any atom is 0.0684 e. The predicted octanol–water partition coefficient (Wildman–Crippen LogP) is 6.20. The molecule has 1 aromatic heterocycles. The van der Waals surface area contributed by atoms with E-state index in [4.69, 9.17) is 11.6 Å². The molecule has 0 aliphatic carbocycles. The number of rotatable bonds is 1. The van der Waals surface area contributed by atoms with Crippen LogP contribution in [0.5, 0.6) is 0 Å². The fourth-order valence-corrected chi connectivity index (χ4v) is 3.85. The fourth-order valence-electron chi connectivity index (χ4n) is 2.86. The van der Waals surface area contributed by atoms with Crippen LogP contribution in [0.25, 0.3) is 27.5 Å². The lowest BCUT2D eigenvalue weighted by molar-refractivity contribution is 1.18. The van der Waals surface area contributed by atoms with Crippen LogP contribution in [0.3, 0.4) is 0 Å². The first-order chi connectivity index (χ1) is 10.3. The van der Waals surface area contributed by atoms with E-state index in [2.05, 4.69) is 69.0 Å². The quantitative estimate of drug-likeness (QED) is 0.382. The molecule has 0 aliphatic rings. The molecule has 0 radical (unpaired) electrons. The van der Waals surface area contributed by atoms with E-state index in [0.29, 0.717) is 0 Å². The third-order valence-corrected chi connectivity index (χ3v) is 4.52. The number of benzene rings is 3. The van der Waals surface area contributed by atoms with Gasteiger partial charge in [-0.05, 0) is 46.3 Å². The molecule has 0 N–H and O–H groups in total. The summed E-state index contributed by atoms with van der Waals surface area (Å²) in [7, 11) is 0. The molecule has 0 aliphatic heterocycles. The predicted molar refractivity (Wildman–Crippen MR) is 93.5 cm³/mol. The number of aromatic nitrogens is 1. The number of fused-ring (bicyclic) bond motifs is 3. The highest BCUT2D eigenvalue weighted by Gasteiger charge is 2.14.